The fraction of sp³-hybridized carbons (Fsp3) is 0.333. The van der Waals surface area contributed by atoms with Gasteiger partial charge in [0, 0.05) is 12.0 Å². The first-order valence-electron chi connectivity index (χ1n) is 7.26. The number of benzene rings is 2. The molecule has 2 atom stereocenters. The van der Waals surface area contributed by atoms with Gasteiger partial charge in [-0.2, -0.15) is 0 Å². The summed E-state index contributed by atoms with van der Waals surface area (Å²) < 4.78 is 13.1. The van der Waals surface area contributed by atoms with E-state index >= 15 is 0 Å². The Balaban J connectivity index is 2.25. The Kier molecular flexibility index (Phi) is 5.31. The molecule has 1 N–H and O–H groups in total. The quantitative estimate of drug-likeness (QED) is 0.805. The van der Waals surface area contributed by atoms with Crippen molar-refractivity contribution < 1.29 is 4.39 Å². The summed E-state index contributed by atoms with van der Waals surface area (Å²) in [6.07, 6.45) is 1.08. The molecule has 0 saturated carbocycles. The van der Waals surface area contributed by atoms with Crippen LogP contribution in [0.25, 0.3) is 0 Å². The van der Waals surface area contributed by atoms with Crippen molar-refractivity contribution in [2.45, 2.75) is 32.2 Å². The van der Waals surface area contributed by atoms with Crippen molar-refractivity contribution in [1.82, 2.24) is 5.32 Å². The third kappa shape index (κ3) is 3.67. The van der Waals surface area contributed by atoms with Crippen LogP contribution in [0.2, 0.25) is 0 Å². The van der Waals surface area contributed by atoms with E-state index in [9.17, 15) is 4.39 Å². The third-order valence-electron chi connectivity index (χ3n) is 3.67. The number of rotatable bonds is 6. The molecule has 1 nitrogen and oxygen atoms in total. The summed E-state index contributed by atoms with van der Waals surface area (Å²) in [7, 11) is 0. The molecule has 0 aromatic heterocycles. The van der Waals surface area contributed by atoms with Gasteiger partial charge in [-0.3, -0.25) is 0 Å². The summed E-state index contributed by atoms with van der Waals surface area (Å²) in [4.78, 5) is 0. The number of hydrogen-bond acceptors (Lipinski definition) is 1. The van der Waals surface area contributed by atoms with Crippen LogP contribution >= 0.6 is 0 Å². The van der Waals surface area contributed by atoms with Gasteiger partial charge in [0.05, 0.1) is 0 Å². The minimum Gasteiger partial charge on any atom is -0.309 e. The van der Waals surface area contributed by atoms with E-state index in [4.69, 9.17) is 0 Å². The Morgan fingerprint density at radius 3 is 2.20 bits per heavy atom. The molecule has 20 heavy (non-hydrogen) atoms. The Morgan fingerprint density at radius 2 is 1.60 bits per heavy atom. The van der Waals surface area contributed by atoms with Crippen LogP contribution in [-0.4, -0.2) is 6.54 Å². The van der Waals surface area contributed by atoms with Gasteiger partial charge < -0.3 is 5.32 Å². The molecule has 0 radical (unpaired) electrons. The van der Waals surface area contributed by atoms with Crippen molar-refractivity contribution in [2.24, 2.45) is 0 Å². The third-order valence-corrected chi connectivity index (χ3v) is 3.67. The molecule has 2 rings (SSSR count). The van der Waals surface area contributed by atoms with Gasteiger partial charge in [0.15, 0.2) is 0 Å². The summed E-state index contributed by atoms with van der Waals surface area (Å²) in [5.74, 6) is 0.156. The summed E-state index contributed by atoms with van der Waals surface area (Å²) in [6.45, 7) is 5.33. The molecule has 0 aliphatic heterocycles. The van der Waals surface area contributed by atoms with Crippen LogP contribution in [0.15, 0.2) is 54.6 Å². The molecule has 0 saturated heterocycles. The predicted octanol–water partition coefficient (Wildman–Crippen LogP) is 4.67. The highest BCUT2D eigenvalue weighted by Crippen LogP contribution is 2.30. The van der Waals surface area contributed by atoms with E-state index in [2.05, 4.69) is 43.4 Å². The second-order valence-corrected chi connectivity index (χ2v) is 5.18. The maximum absolute atomic E-state index is 13.1. The molecule has 2 heteroatoms. The summed E-state index contributed by atoms with van der Waals surface area (Å²) in [5, 5.41) is 3.58. The van der Waals surface area contributed by atoms with Crippen LogP contribution in [0.1, 0.15) is 43.4 Å². The molecule has 106 valence electrons. The van der Waals surface area contributed by atoms with Crippen molar-refractivity contribution in [3.8, 4) is 0 Å². The van der Waals surface area contributed by atoms with Crippen LogP contribution in [0.3, 0.4) is 0 Å². The van der Waals surface area contributed by atoms with Gasteiger partial charge in [-0.05, 0) is 36.2 Å². The number of nitrogens with one attached hydrogen (secondary N) is 1. The van der Waals surface area contributed by atoms with Crippen LogP contribution in [0.5, 0.6) is 0 Å². The van der Waals surface area contributed by atoms with E-state index in [-0.39, 0.29) is 11.9 Å². The first-order chi connectivity index (χ1) is 9.72. The lowest BCUT2D eigenvalue weighted by atomic mass is 9.88. The highest BCUT2D eigenvalue weighted by atomic mass is 19.1. The molecule has 2 aromatic carbocycles. The number of halogens is 1. The summed E-state index contributed by atoms with van der Waals surface area (Å²) in [6, 6.07) is 17.5. The summed E-state index contributed by atoms with van der Waals surface area (Å²) in [5.41, 5.74) is 2.43. The lowest BCUT2D eigenvalue weighted by Gasteiger charge is -2.26. The maximum Gasteiger partial charge on any atom is 0.123 e. The average Bonchev–Trinajstić information content (AvgIpc) is 2.50. The van der Waals surface area contributed by atoms with E-state index in [1.54, 1.807) is 0 Å². The molecule has 0 fully saturated rings. The largest absolute Gasteiger partial charge is 0.309 e. The van der Waals surface area contributed by atoms with Gasteiger partial charge in [-0.15, -0.1) is 0 Å². The first-order valence-corrected chi connectivity index (χ1v) is 7.26. The molecule has 0 spiro atoms. The van der Waals surface area contributed by atoms with Crippen molar-refractivity contribution >= 4 is 0 Å². The zero-order valence-electron chi connectivity index (χ0n) is 12.1. The van der Waals surface area contributed by atoms with Gasteiger partial charge in [0.1, 0.15) is 5.82 Å². The van der Waals surface area contributed by atoms with Crippen LogP contribution < -0.4 is 5.32 Å². The lowest BCUT2D eigenvalue weighted by Crippen LogP contribution is -2.26. The minimum absolute atomic E-state index is 0.185. The highest BCUT2D eigenvalue weighted by Gasteiger charge is 2.20. The first kappa shape index (κ1) is 14.7. The summed E-state index contributed by atoms with van der Waals surface area (Å²) >= 11 is 0. The molecule has 2 aromatic rings. The molecule has 0 aliphatic carbocycles. The van der Waals surface area contributed by atoms with Crippen molar-refractivity contribution in [1.29, 1.82) is 0 Å². The van der Waals surface area contributed by atoms with Gasteiger partial charge in [0.2, 0.25) is 0 Å². The van der Waals surface area contributed by atoms with Crippen molar-refractivity contribution in [2.75, 3.05) is 6.54 Å². The molecule has 0 aliphatic rings. The van der Waals surface area contributed by atoms with Gasteiger partial charge in [0.25, 0.3) is 0 Å². The van der Waals surface area contributed by atoms with Gasteiger partial charge >= 0.3 is 0 Å². The Hall–Kier alpha value is -1.67. The molecular formula is C18H22FN. The van der Waals surface area contributed by atoms with Crippen molar-refractivity contribution in [3.63, 3.8) is 0 Å². The Morgan fingerprint density at radius 1 is 0.950 bits per heavy atom. The van der Waals surface area contributed by atoms with E-state index in [1.807, 2.05) is 18.2 Å². The minimum atomic E-state index is -0.185. The standard InChI is InChI=1S/C18H22FN/c1-3-13-20-18(16-9-11-17(19)12-10-16)14(2)15-7-5-4-6-8-15/h4-12,14,18,20H,3,13H2,1-2H3. The highest BCUT2D eigenvalue weighted by molar-refractivity contribution is 5.27. The monoisotopic (exact) mass is 271 g/mol. The Labute approximate surface area is 120 Å². The number of hydrogen-bond donors (Lipinski definition) is 1. The predicted molar refractivity (Wildman–Crippen MR) is 82.3 cm³/mol. The van der Waals surface area contributed by atoms with E-state index in [0.717, 1.165) is 18.5 Å². The fourth-order valence-electron chi connectivity index (χ4n) is 2.50. The molecule has 0 bridgehead atoms. The van der Waals surface area contributed by atoms with E-state index in [0.29, 0.717) is 5.92 Å². The fourth-order valence-corrected chi connectivity index (χ4v) is 2.50. The SMILES string of the molecule is CCCNC(c1ccc(F)cc1)C(C)c1ccccc1. The van der Waals surface area contributed by atoms with E-state index < -0.39 is 0 Å². The molecule has 0 amide bonds. The normalized spacial score (nSPS) is 13.9. The van der Waals surface area contributed by atoms with E-state index in [1.165, 1.54) is 17.7 Å². The molecular weight excluding hydrogens is 249 g/mol. The average molecular weight is 271 g/mol. The van der Waals surface area contributed by atoms with Crippen LogP contribution in [0, 0.1) is 5.82 Å². The van der Waals surface area contributed by atoms with Gasteiger partial charge in [-0.1, -0.05) is 56.3 Å². The van der Waals surface area contributed by atoms with Crippen molar-refractivity contribution in [3.05, 3.63) is 71.5 Å². The zero-order chi connectivity index (χ0) is 14.4. The van der Waals surface area contributed by atoms with Crippen LogP contribution in [-0.2, 0) is 0 Å². The maximum atomic E-state index is 13.1. The van der Waals surface area contributed by atoms with Crippen LogP contribution in [0.4, 0.5) is 4.39 Å². The smallest absolute Gasteiger partial charge is 0.123 e. The second-order valence-electron chi connectivity index (χ2n) is 5.18. The lowest BCUT2D eigenvalue weighted by molar-refractivity contribution is 0.465. The zero-order valence-corrected chi connectivity index (χ0v) is 12.1. The Bertz CT molecular complexity index is 507. The van der Waals surface area contributed by atoms with Gasteiger partial charge in [-0.25, -0.2) is 4.39 Å². The topological polar surface area (TPSA) is 12.0 Å². The molecule has 2 unspecified atom stereocenters. The molecule has 0 heterocycles. The second kappa shape index (κ2) is 7.20.